The Balaban J connectivity index is 2.72. The molecule has 0 aliphatic heterocycles. The van der Waals surface area contributed by atoms with Gasteiger partial charge < -0.3 is 5.11 Å². The zero-order valence-electron chi connectivity index (χ0n) is 5.42. The van der Waals surface area contributed by atoms with Gasteiger partial charge >= 0.3 is 0 Å². The Kier molecular flexibility index (Phi) is 1.56. The van der Waals surface area contributed by atoms with Crippen molar-refractivity contribution in [2.45, 2.75) is 19.8 Å². The monoisotopic (exact) mass is 126 g/mol. The van der Waals surface area contributed by atoms with Gasteiger partial charge in [0.2, 0.25) is 0 Å². The van der Waals surface area contributed by atoms with Crippen LogP contribution in [0.3, 0.4) is 0 Å². The Morgan fingerprint density at radius 3 is 2.89 bits per heavy atom. The van der Waals surface area contributed by atoms with Gasteiger partial charge in [-0.2, -0.15) is 0 Å². The number of carbonyl (C=O) groups excluding carboxylic acids is 1. The molecule has 0 unspecified atom stereocenters. The molecule has 2 heteroatoms. The molecule has 0 bridgehead atoms. The van der Waals surface area contributed by atoms with Crippen LogP contribution < -0.4 is 0 Å². The SMILES string of the molecule is C[C@H]1CCC(=O)C=C1O. The van der Waals surface area contributed by atoms with E-state index in [1.54, 1.807) is 0 Å². The summed E-state index contributed by atoms with van der Waals surface area (Å²) >= 11 is 0. The normalized spacial score (nSPS) is 27.9. The zero-order chi connectivity index (χ0) is 6.85. The van der Waals surface area contributed by atoms with Gasteiger partial charge in [-0.15, -0.1) is 0 Å². The molecule has 2 nitrogen and oxygen atoms in total. The molecular formula is C7H10O2. The number of aliphatic hydroxyl groups is 1. The van der Waals surface area contributed by atoms with Gasteiger partial charge in [-0.05, 0) is 6.42 Å². The number of carbonyl (C=O) groups is 1. The van der Waals surface area contributed by atoms with Gasteiger partial charge in [0.15, 0.2) is 5.78 Å². The second kappa shape index (κ2) is 2.21. The maximum atomic E-state index is 10.6. The number of rotatable bonds is 0. The highest BCUT2D eigenvalue weighted by Crippen LogP contribution is 2.19. The lowest BCUT2D eigenvalue weighted by Crippen LogP contribution is -2.10. The van der Waals surface area contributed by atoms with Crippen molar-refractivity contribution in [1.29, 1.82) is 0 Å². The number of hydrogen-bond acceptors (Lipinski definition) is 2. The number of ketones is 1. The van der Waals surface area contributed by atoms with E-state index >= 15 is 0 Å². The Bertz CT molecular complexity index is 158. The van der Waals surface area contributed by atoms with Crippen molar-refractivity contribution < 1.29 is 9.90 Å². The molecule has 1 N–H and O–H groups in total. The van der Waals surface area contributed by atoms with Gasteiger partial charge in [0.1, 0.15) is 0 Å². The molecule has 1 aliphatic rings. The summed E-state index contributed by atoms with van der Waals surface area (Å²) in [7, 11) is 0. The van der Waals surface area contributed by atoms with Crippen LogP contribution in [0.25, 0.3) is 0 Å². The summed E-state index contributed by atoms with van der Waals surface area (Å²) in [5.74, 6) is 0.472. The van der Waals surface area contributed by atoms with E-state index in [0.717, 1.165) is 6.42 Å². The minimum atomic E-state index is 0.0469. The second-order valence-corrected chi connectivity index (χ2v) is 2.48. The Morgan fingerprint density at radius 1 is 1.78 bits per heavy atom. The first-order chi connectivity index (χ1) is 4.20. The van der Waals surface area contributed by atoms with Crippen LogP contribution in [0.5, 0.6) is 0 Å². The molecule has 0 aromatic carbocycles. The van der Waals surface area contributed by atoms with Crippen LogP contribution in [0.2, 0.25) is 0 Å². The smallest absolute Gasteiger partial charge is 0.159 e. The van der Waals surface area contributed by atoms with E-state index < -0.39 is 0 Å². The van der Waals surface area contributed by atoms with E-state index in [4.69, 9.17) is 5.11 Å². The summed E-state index contributed by atoms with van der Waals surface area (Å²) < 4.78 is 0. The van der Waals surface area contributed by atoms with Gasteiger partial charge in [0, 0.05) is 18.4 Å². The predicted octanol–water partition coefficient (Wildman–Crippen LogP) is 1.43. The topological polar surface area (TPSA) is 37.3 Å². The van der Waals surface area contributed by atoms with Crippen molar-refractivity contribution in [3.8, 4) is 0 Å². The maximum Gasteiger partial charge on any atom is 0.159 e. The van der Waals surface area contributed by atoms with Gasteiger partial charge in [0.25, 0.3) is 0 Å². The zero-order valence-corrected chi connectivity index (χ0v) is 5.42. The third-order valence-corrected chi connectivity index (χ3v) is 1.64. The van der Waals surface area contributed by atoms with Gasteiger partial charge in [-0.25, -0.2) is 0 Å². The quantitative estimate of drug-likeness (QED) is 0.533. The number of allylic oxidation sites excluding steroid dienone is 2. The number of aliphatic hydroxyl groups excluding tert-OH is 1. The van der Waals surface area contributed by atoms with Crippen molar-refractivity contribution >= 4 is 5.78 Å². The molecule has 0 aromatic rings. The lowest BCUT2D eigenvalue weighted by molar-refractivity contribution is -0.115. The molecule has 0 aromatic heterocycles. The molecule has 1 atom stereocenters. The van der Waals surface area contributed by atoms with Crippen molar-refractivity contribution in [2.24, 2.45) is 5.92 Å². The van der Waals surface area contributed by atoms with E-state index in [1.807, 2.05) is 6.92 Å². The van der Waals surface area contributed by atoms with Gasteiger partial charge in [0.05, 0.1) is 5.76 Å². The standard InChI is InChI=1S/C7H10O2/c1-5-2-3-6(8)4-7(5)9/h4-5,9H,2-3H2,1H3/t5-/m0/s1. The van der Waals surface area contributed by atoms with E-state index in [0.29, 0.717) is 6.42 Å². The summed E-state index contributed by atoms with van der Waals surface area (Å²) in [6, 6.07) is 0. The second-order valence-electron chi connectivity index (χ2n) is 2.48. The molecule has 1 rings (SSSR count). The van der Waals surface area contributed by atoms with Crippen molar-refractivity contribution in [3.05, 3.63) is 11.8 Å². The molecule has 1 aliphatic carbocycles. The largest absolute Gasteiger partial charge is 0.512 e. The average molecular weight is 126 g/mol. The lowest BCUT2D eigenvalue weighted by atomic mass is 9.95. The summed E-state index contributed by atoms with van der Waals surface area (Å²) in [5, 5.41) is 8.99. The maximum absolute atomic E-state index is 10.6. The number of hydrogen-bond donors (Lipinski definition) is 1. The van der Waals surface area contributed by atoms with Gasteiger partial charge in [-0.1, -0.05) is 6.92 Å². The minimum Gasteiger partial charge on any atom is -0.512 e. The highest BCUT2D eigenvalue weighted by Gasteiger charge is 2.15. The van der Waals surface area contributed by atoms with E-state index in [2.05, 4.69) is 0 Å². The molecule has 9 heavy (non-hydrogen) atoms. The fourth-order valence-electron chi connectivity index (χ4n) is 0.886. The van der Waals surface area contributed by atoms with E-state index in [1.165, 1.54) is 6.08 Å². The average Bonchev–Trinajstić information content (AvgIpc) is 1.80. The third-order valence-electron chi connectivity index (χ3n) is 1.64. The molecule has 50 valence electrons. The summed E-state index contributed by atoms with van der Waals surface area (Å²) in [6.07, 6.45) is 2.71. The first-order valence-corrected chi connectivity index (χ1v) is 3.13. The van der Waals surface area contributed by atoms with Crippen LogP contribution in [0, 0.1) is 5.92 Å². The van der Waals surface area contributed by atoms with Crippen LogP contribution in [0.4, 0.5) is 0 Å². The summed E-state index contributed by atoms with van der Waals surface area (Å²) in [6.45, 7) is 1.91. The molecule has 0 fully saturated rings. The van der Waals surface area contributed by atoms with Crippen LogP contribution in [0.1, 0.15) is 19.8 Å². The Morgan fingerprint density at radius 2 is 2.44 bits per heavy atom. The van der Waals surface area contributed by atoms with Gasteiger partial charge in [-0.3, -0.25) is 4.79 Å². The molecule has 0 saturated carbocycles. The van der Waals surface area contributed by atoms with Crippen LogP contribution >= 0.6 is 0 Å². The summed E-state index contributed by atoms with van der Waals surface area (Å²) in [5.41, 5.74) is 0. The predicted molar refractivity (Wildman–Crippen MR) is 34.1 cm³/mol. The van der Waals surface area contributed by atoms with Crippen LogP contribution in [0.15, 0.2) is 11.8 Å². The van der Waals surface area contributed by atoms with Crippen LogP contribution in [-0.4, -0.2) is 10.9 Å². The summed E-state index contributed by atoms with van der Waals surface area (Å²) in [4.78, 5) is 10.6. The van der Waals surface area contributed by atoms with Crippen molar-refractivity contribution in [2.75, 3.05) is 0 Å². The molecule has 0 spiro atoms. The highest BCUT2D eigenvalue weighted by atomic mass is 16.3. The molecule has 0 amide bonds. The highest BCUT2D eigenvalue weighted by molar-refractivity contribution is 5.90. The van der Waals surface area contributed by atoms with E-state index in [9.17, 15) is 4.79 Å². The van der Waals surface area contributed by atoms with Crippen molar-refractivity contribution in [1.82, 2.24) is 0 Å². The third kappa shape index (κ3) is 1.31. The molecular weight excluding hydrogens is 116 g/mol. The molecule has 0 heterocycles. The lowest BCUT2D eigenvalue weighted by Gasteiger charge is -2.13. The fraction of sp³-hybridized carbons (Fsp3) is 0.571. The first kappa shape index (κ1) is 6.33. The van der Waals surface area contributed by atoms with Crippen molar-refractivity contribution in [3.63, 3.8) is 0 Å². The first-order valence-electron chi connectivity index (χ1n) is 3.13. The Labute approximate surface area is 54.2 Å². The minimum absolute atomic E-state index is 0.0469. The Hall–Kier alpha value is -0.790. The van der Waals surface area contributed by atoms with E-state index in [-0.39, 0.29) is 17.5 Å². The molecule has 0 radical (unpaired) electrons. The fourth-order valence-corrected chi connectivity index (χ4v) is 0.886. The molecule has 0 saturated heterocycles. The van der Waals surface area contributed by atoms with Crippen LogP contribution in [-0.2, 0) is 4.79 Å².